The number of rotatable bonds is 3. The maximum absolute atomic E-state index is 11.4. The van der Waals surface area contributed by atoms with Gasteiger partial charge >= 0.3 is 0 Å². The van der Waals surface area contributed by atoms with Crippen LogP contribution in [0.5, 0.6) is 0 Å². The SMILES string of the molecule is COCc1cccc(C2=CC(=O)NC2=O)c1. The molecule has 1 aliphatic rings. The monoisotopic (exact) mass is 217 g/mol. The van der Waals surface area contributed by atoms with Crippen LogP contribution in [0.25, 0.3) is 5.57 Å². The van der Waals surface area contributed by atoms with E-state index in [1.807, 2.05) is 18.2 Å². The van der Waals surface area contributed by atoms with E-state index in [4.69, 9.17) is 4.74 Å². The first-order valence-corrected chi connectivity index (χ1v) is 4.86. The molecule has 0 unspecified atom stereocenters. The van der Waals surface area contributed by atoms with Crippen molar-refractivity contribution in [1.29, 1.82) is 0 Å². The molecule has 1 heterocycles. The number of benzene rings is 1. The second-order valence-electron chi connectivity index (χ2n) is 3.51. The Balaban J connectivity index is 2.34. The molecule has 0 fully saturated rings. The van der Waals surface area contributed by atoms with Crippen LogP contribution in [0.2, 0.25) is 0 Å². The van der Waals surface area contributed by atoms with E-state index >= 15 is 0 Å². The summed E-state index contributed by atoms with van der Waals surface area (Å²) >= 11 is 0. The number of carbonyl (C=O) groups excluding carboxylic acids is 2. The Kier molecular flexibility index (Phi) is 2.83. The van der Waals surface area contributed by atoms with Gasteiger partial charge in [0.1, 0.15) is 0 Å². The van der Waals surface area contributed by atoms with Crippen molar-refractivity contribution in [3.8, 4) is 0 Å². The van der Waals surface area contributed by atoms with Gasteiger partial charge in [-0.1, -0.05) is 18.2 Å². The summed E-state index contributed by atoms with van der Waals surface area (Å²) in [6.45, 7) is 0.483. The molecule has 2 amide bonds. The molecule has 0 aromatic heterocycles. The summed E-state index contributed by atoms with van der Waals surface area (Å²) in [5, 5.41) is 2.22. The summed E-state index contributed by atoms with van der Waals surface area (Å²) < 4.78 is 5.01. The smallest absolute Gasteiger partial charge is 0.258 e. The summed E-state index contributed by atoms with van der Waals surface area (Å²) in [5.41, 5.74) is 2.11. The Morgan fingerprint density at radius 1 is 1.31 bits per heavy atom. The number of nitrogens with one attached hydrogen (secondary N) is 1. The first kappa shape index (κ1) is 10.6. The van der Waals surface area contributed by atoms with Crippen molar-refractivity contribution in [2.45, 2.75) is 6.61 Å². The standard InChI is InChI=1S/C12H11NO3/c1-16-7-8-3-2-4-9(5-8)10-6-11(14)13-12(10)15/h2-6H,7H2,1H3,(H,13,14,15). The fourth-order valence-electron chi connectivity index (χ4n) is 1.62. The van der Waals surface area contributed by atoms with Crippen molar-refractivity contribution in [2.75, 3.05) is 7.11 Å². The molecule has 0 saturated heterocycles. The predicted molar refractivity (Wildman–Crippen MR) is 58.3 cm³/mol. The molecular weight excluding hydrogens is 206 g/mol. The van der Waals surface area contributed by atoms with Gasteiger partial charge in [0.2, 0.25) is 0 Å². The van der Waals surface area contributed by atoms with Gasteiger partial charge in [0, 0.05) is 13.2 Å². The lowest BCUT2D eigenvalue weighted by Crippen LogP contribution is -2.21. The Bertz CT molecular complexity index is 477. The van der Waals surface area contributed by atoms with Crippen LogP contribution in [0.3, 0.4) is 0 Å². The molecule has 82 valence electrons. The number of carbonyl (C=O) groups is 2. The molecular formula is C12H11NO3. The Morgan fingerprint density at radius 3 is 2.75 bits per heavy atom. The number of methoxy groups -OCH3 is 1. The lowest BCUT2D eigenvalue weighted by molar-refractivity contribution is -0.123. The van der Waals surface area contributed by atoms with Crippen LogP contribution in [0.1, 0.15) is 11.1 Å². The topological polar surface area (TPSA) is 55.4 Å². The fraction of sp³-hybridized carbons (Fsp3) is 0.167. The minimum atomic E-state index is -0.364. The first-order chi connectivity index (χ1) is 7.70. The Morgan fingerprint density at radius 2 is 2.12 bits per heavy atom. The maximum atomic E-state index is 11.4. The minimum absolute atomic E-state index is 0.348. The largest absolute Gasteiger partial charge is 0.380 e. The van der Waals surface area contributed by atoms with Crippen LogP contribution < -0.4 is 5.32 Å². The molecule has 1 aromatic carbocycles. The summed E-state index contributed by atoms with van der Waals surface area (Å²) in [6.07, 6.45) is 1.31. The van der Waals surface area contributed by atoms with Crippen LogP contribution in [-0.2, 0) is 20.9 Å². The van der Waals surface area contributed by atoms with Gasteiger partial charge in [-0.2, -0.15) is 0 Å². The van der Waals surface area contributed by atoms with Crippen LogP contribution >= 0.6 is 0 Å². The molecule has 2 rings (SSSR count). The molecule has 1 aromatic rings. The van der Waals surface area contributed by atoms with Gasteiger partial charge < -0.3 is 4.74 Å². The van der Waals surface area contributed by atoms with Crippen molar-refractivity contribution in [3.63, 3.8) is 0 Å². The van der Waals surface area contributed by atoms with Crippen LogP contribution in [0.15, 0.2) is 30.3 Å². The van der Waals surface area contributed by atoms with Crippen LogP contribution in [0.4, 0.5) is 0 Å². The summed E-state index contributed by atoms with van der Waals surface area (Å²) in [6, 6.07) is 7.37. The Hall–Kier alpha value is -1.94. The third kappa shape index (κ3) is 2.01. The molecule has 0 bridgehead atoms. The number of ether oxygens (including phenoxy) is 1. The highest BCUT2D eigenvalue weighted by Crippen LogP contribution is 2.19. The highest BCUT2D eigenvalue weighted by molar-refractivity contribution is 6.33. The zero-order valence-corrected chi connectivity index (χ0v) is 8.82. The molecule has 0 spiro atoms. The average Bonchev–Trinajstić information content (AvgIpc) is 2.59. The van der Waals surface area contributed by atoms with E-state index < -0.39 is 0 Å². The second kappa shape index (κ2) is 4.28. The molecule has 4 nitrogen and oxygen atoms in total. The van der Waals surface area contributed by atoms with Gasteiger partial charge in [-0.25, -0.2) is 0 Å². The minimum Gasteiger partial charge on any atom is -0.380 e. The van der Waals surface area contributed by atoms with E-state index in [2.05, 4.69) is 5.32 Å². The van der Waals surface area contributed by atoms with E-state index in [0.717, 1.165) is 11.1 Å². The predicted octanol–water partition coefficient (Wildman–Crippen LogP) is 0.873. The van der Waals surface area contributed by atoms with Crippen LogP contribution in [0, 0.1) is 0 Å². The summed E-state index contributed by atoms with van der Waals surface area (Å²) in [5.74, 6) is -0.711. The zero-order valence-electron chi connectivity index (χ0n) is 8.82. The average molecular weight is 217 g/mol. The van der Waals surface area contributed by atoms with Crippen LogP contribution in [-0.4, -0.2) is 18.9 Å². The maximum Gasteiger partial charge on any atom is 0.258 e. The number of hydrogen-bond donors (Lipinski definition) is 1. The highest BCUT2D eigenvalue weighted by Gasteiger charge is 2.21. The number of imide groups is 1. The highest BCUT2D eigenvalue weighted by atomic mass is 16.5. The summed E-state index contributed by atoms with van der Waals surface area (Å²) in [4.78, 5) is 22.4. The van der Waals surface area contributed by atoms with Crippen molar-refractivity contribution in [1.82, 2.24) is 5.32 Å². The van der Waals surface area contributed by atoms with Gasteiger partial charge in [0.15, 0.2) is 0 Å². The summed E-state index contributed by atoms with van der Waals surface area (Å²) in [7, 11) is 1.61. The Labute approximate surface area is 92.9 Å². The quantitative estimate of drug-likeness (QED) is 0.764. The van der Waals surface area contributed by atoms with Crippen molar-refractivity contribution < 1.29 is 14.3 Å². The molecule has 0 radical (unpaired) electrons. The zero-order chi connectivity index (χ0) is 11.5. The van der Waals surface area contributed by atoms with Gasteiger partial charge in [-0.15, -0.1) is 0 Å². The first-order valence-electron chi connectivity index (χ1n) is 4.86. The van der Waals surface area contributed by atoms with Gasteiger partial charge in [0.25, 0.3) is 11.8 Å². The molecule has 1 aliphatic heterocycles. The lowest BCUT2D eigenvalue weighted by atomic mass is 10.0. The second-order valence-corrected chi connectivity index (χ2v) is 3.51. The van der Waals surface area contributed by atoms with Gasteiger partial charge in [-0.05, 0) is 17.2 Å². The van der Waals surface area contributed by atoms with E-state index in [9.17, 15) is 9.59 Å². The fourth-order valence-corrected chi connectivity index (χ4v) is 1.62. The van der Waals surface area contributed by atoms with E-state index in [0.29, 0.717) is 12.2 Å². The van der Waals surface area contributed by atoms with Crippen molar-refractivity contribution in [2.24, 2.45) is 0 Å². The molecule has 16 heavy (non-hydrogen) atoms. The van der Waals surface area contributed by atoms with Gasteiger partial charge in [0.05, 0.1) is 12.2 Å². The van der Waals surface area contributed by atoms with E-state index in [-0.39, 0.29) is 11.8 Å². The lowest BCUT2D eigenvalue weighted by Gasteiger charge is -2.03. The van der Waals surface area contributed by atoms with E-state index in [1.165, 1.54) is 6.08 Å². The molecule has 0 aliphatic carbocycles. The van der Waals surface area contributed by atoms with Crippen molar-refractivity contribution >= 4 is 17.4 Å². The molecule has 0 atom stereocenters. The molecule has 0 saturated carbocycles. The normalized spacial score (nSPS) is 14.9. The number of hydrogen-bond acceptors (Lipinski definition) is 3. The van der Waals surface area contributed by atoms with Crippen molar-refractivity contribution in [3.05, 3.63) is 41.5 Å². The third-order valence-electron chi connectivity index (χ3n) is 2.31. The third-order valence-corrected chi connectivity index (χ3v) is 2.31. The molecule has 1 N–H and O–H groups in total. The van der Waals surface area contributed by atoms with Gasteiger partial charge in [-0.3, -0.25) is 14.9 Å². The molecule has 4 heteroatoms. The van der Waals surface area contributed by atoms with E-state index in [1.54, 1.807) is 13.2 Å². The number of amides is 2.